The van der Waals surface area contributed by atoms with Crippen LogP contribution in [0.15, 0.2) is 29.3 Å². The van der Waals surface area contributed by atoms with Crippen LogP contribution in [0.5, 0.6) is 0 Å². The Morgan fingerprint density at radius 3 is 2.50 bits per heavy atom. The van der Waals surface area contributed by atoms with Crippen LogP contribution in [-0.2, 0) is 6.54 Å². The van der Waals surface area contributed by atoms with Gasteiger partial charge in [-0.25, -0.2) is 4.99 Å². The van der Waals surface area contributed by atoms with E-state index in [2.05, 4.69) is 24.1 Å². The Morgan fingerprint density at radius 1 is 1.32 bits per heavy atom. The fourth-order valence-electron chi connectivity index (χ4n) is 2.59. The van der Waals surface area contributed by atoms with Gasteiger partial charge in [0.05, 0.1) is 6.54 Å². The Balaban J connectivity index is 2.01. The molecule has 0 saturated carbocycles. The normalized spacial score (nSPS) is 16.6. The standard InChI is InChI=1S/C17H26N4O/c1-3-19-17(21-10-8-13(2)9-11-21)20-12-14-4-6-15(7-5-14)16(18)22/h4-7,13H,3,8-12H2,1-2H3,(H2,18,22)(H,19,20). The monoisotopic (exact) mass is 302 g/mol. The highest BCUT2D eigenvalue weighted by Crippen LogP contribution is 2.16. The van der Waals surface area contributed by atoms with E-state index in [4.69, 9.17) is 10.7 Å². The Hall–Kier alpha value is -2.04. The summed E-state index contributed by atoms with van der Waals surface area (Å²) in [7, 11) is 0. The summed E-state index contributed by atoms with van der Waals surface area (Å²) in [6.07, 6.45) is 2.44. The summed E-state index contributed by atoms with van der Waals surface area (Å²) < 4.78 is 0. The number of nitrogens with zero attached hydrogens (tertiary/aromatic N) is 2. The number of amides is 1. The number of carbonyl (C=O) groups excluding carboxylic acids is 1. The Kier molecular flexibility index (Phi) is 5.81. The molecular weight excluding hydrogens is 276 g/mol. The lowest BCUT2D eigenvalue weighted by molar-refractivity contribution is 0.100. The van der Waals surface area contributed by atoms with E-state index in [1.807, 2.05) is 12.1 Å². The lowest BCUT2D eigenvalue weighted by Crippen LogP contribution is -2.45. The zero-order chi connectivity index (χ0) is 15.9. The highest BCUT2D eigenvalue weighted by Gasteiger charge is 2.18. The molecule has 0 spiro atoms. The summed E-state index contributed by atoms with van der Waals surface area (Å²) in [6.45, 7) is 7.99. The molecule has 0 bridgehead atoms. The van der Waals surface area contributed by atoms with Crippen LogP contribution in [0, 0.1) is 5.92 Å². The van der Waals surface area contributed by atoms with E-state index in [9.17, 15) is 4.79 Å². The van der Waals surface area contributed by atoms with Crippen LogP contribution in [0.1, 0.15) is 42.6 Å². The predicted octanol–water partition coefficient (Wildman–Crippen LogP) is 1.98. The molecule has 1 saturated heterocycles. The van der Waals surface area contributed by atoms with Crippen molar-refractivity contribution in [2.24, 2.45) is 16.6 Å². The molecule has 0 atom stereocenters. The van der Waals surface area contributed by atoms with E-state index < -0.39 is 5.91 Å². The third-order valence-corrected chi connectivity index (χ3v) is 4.07. The zero-order valence-corrected chi connectivity index (χ0v) is 13.5. The minimum atomic E-state index is -0.397. The van der Waals surface area contributed by atoms with Crippen molar-refractivity contribution in [2.45, 2.75) is 33.2 Å². The second-order valence-corrected chi connectivity index (χ2v) is 5.90. The number of hydrogen-bond acceptors (Lipinski definition) is 2. The number of benzene rings is 1. The van der Waals surface area contributed by atoms with E-state index in [-0.39, 0.29) is 0 Å². The number of primary amides is 1. The van der Waals surface area contributed by atoms with Crippen LogP contribution >= 0.6 is 0 Å². The van der Waals surface area contributed by atoms with Crippen molar-refractivity contribution in [3.05, 3.63) is 35.4 Å². The third kappa shape index (κ3) is 4.48. The number of guanidine groups is 1. The quantitative estimate of drug-likeness (QED) is 0.660. The van der Waals surface area contributed by atoms with Gasteiger partial charge in [0.1, 0.15) is 0 Å². The van der Waals surface area contributed by atoms with E-state index in [1.54, 1.807) is 12.1 Å². The first-order valence-corrected chi connectivity index (χ1v) is 8.02. The average Bonchev–Trinajstić information content (AvgIpc) is 2.53. The van der Waals surface area contributed by atoms with Crippen LogP contribution < -0.4 is 11.1 Å². The zero-order valence-electron chi connectivity index (χ0n) is 13.5. The predicted molar refractivity (Wildman–Crippen MR) is 89.7 cm³/mol. The van der Waals surface area contributed by atoms with Crippen LogP contribution in [0.3, 0.4) is 0 Å². The summed E-state index contributed by atoms with van der Waals surface area (Å²) >= 11 is 0. The third-order valence-electron chi connectivity index (χ3n) is 4.07. The molecule has 120 valence electrons. The van der Waals surface area contributed by atoms with E-state index >= 15 is 0 Å². The molecule has 1 amide bonds. The van der Waals surface area contributed by atoms with Crippen LogP contribution in [0.25, 0.3) is 0 Å². The molecule has 0 radical (unpaired) electrons. The maximum Gasteiger partial charge on any atom is 0.248 e. The van der Waals surface area contributed by atoms with Crippen LogP contribution in [0.2, 0.25) is 0 Å². The number of carbonyl (C=O) groups is 1. The van der Waals surface area contributed by atoms with Gasteiger partial charge in [-0.15, -0.1) is 0 Å². The highest BCUT2D eigenvalue weighted by atomic mass is 16.1. The number of aliphatic imine (C=N–C) groups is 1. The lowest BCUT2D eigenvalue weighted by atomic mass is 10.00. The topological polar surface area (TPSA) is 70.7 Å². The van der Waals surface area contributed by atoms with Gasteiger partial charge in [-0.05, 0) is 43.4 Å². The molecular formula is C17H26N4O. The maximum atomic E-state index is 11.1. The number of hydrogen-bond donors (Lipinski definition) is 2. The molecule has 1 aromatic carbocycles. The molecule has 22 heavy (non-hydrogen) atoms. The number of rotatable bonds is 4. The molecule has 5 nitrogen and oxygen atoms in total. The minimum Gasteiger partial charge on any atom is -0.366 e. The van der Waals surface area contributed by atoms with Crippen molar-refractivity contribution in [3.8, 4) is 0 Å². The lowest BCUT2D eigenvalue weighted by Gasteiger charge is -2.33. The molecule has 1 fully saturated rings. The first-order chi connectivity index (χ1) is 10.6. The number of nitrogens with two attached hydrogens (primary N) is 1. The Labute approximate surface area is 132 Å². The van der Waals surface area contributed by atoms with Gasteiger partial charge in [0, 0.05) is 25.2 Å². The van der Waals surface area contributed by atoms with E-state index in [0.29, 0.717) is 12.1 Å². The van der Waals surface area contributed by atoms with Gasteiger partial charge in [-0.2, -0.15) is 0 Å². The maximum absolute atomic E-state index is 11.1. The second kappa shape index (κ2) is 7.82. The fraction of sp³-hybridized carbons (Fsp3) is 0.529. The van der Waals surface area contributed by atoms with E-state index in [0.717, 1.165) is 37.1 Å². The number of piperidine rings is 1. The Bertz CT molecular complexity index is 516. The van der Waals surface area contributed by atoms with Crippen LogP contribution in [0.4, 0.5) is 0 Å². The van der Waals surface area contributed by atoms with Crippen LogP contribution in [-0.4, -0.2) is 36.4 Å². The number of likely N-dealkylation sites (tertiary alicyclic amines) is 1. The fourth-order valence-corrected chi connectivity index (χ4v) is 2.59. The Morgan fingerprint density at radius 2 is 1.95 bits per heavy atom. The summed E-state index contributed by atoms with van der Waals surface area (Å²) in [4.78, 5) is 18.1. The molecule has 0 aromatic heterocycles. The summed E-state index contributed by atoms with van der Waals surface area (Å²) in [5, 5.41) is 3.37. The summed E-state index contributed by atoms with van der Waals surface area (Å²) in [5.41, 5.74) is 6.86. The average molecular weight is 302 g/mol. The summed E-state index contributed by atoms with van der Waals surface area (Å²) in [6, 6.07) is 7.32. The van der Waals surface area contributed by atoms with Gasteiger partial charge >= 0.3 is 0 Å². The van der Waals surface area contributed by atoms with Gasteiger partial charge in [0.25, 0.3) is 0 Å². The van der Waals surface area contributed by atoms with Gasteiger partial charge in [-0.1, -0.05) is 19.1 Å². The van der Waals surface area contributed by atoms with E-state index in [1.165, 1.54) is 12.8 Å². The van der Waals surface area contributed by atoms with Crippen molar-refractivity contribution >= 4 is 11.9 Å². The molecule has 0 aliphatic carbocycles. The number of nitrogens with one attached hydrogen (secondary N) is 1. The second-order valence-electron chi connectivity index (χ2n) is 5.90. The largest absolute Gasteiger partial charge is 0.366 e. The van der Waals surface area contributed by atoms with Gasteiger partial charge in [0.15, 0.2) is 5.96 Å². The van der Waals surface area contributed by atoms with Gasteiger partial charge in [0.2, 0.25) is 5.91 Å². The molecule has 2 rings (SSSR count). The minimum absolute atomic E-state index is 0.397. The van der Waals surface area contributed by atoms with Crippen molar-refractivity contribution in [3.63, 3.8) is 0 Å². The van der Waals surface area contributed by atoms with Crippen molar-refractivity contribution in [2.75, 3.05) is 19.6 Å². The molecule has 5 heteroatoms. The highest BCUT2D eigenvalue weighted by molar-refractivity contribution is 5.92. The molecule has 3 N–H and O–H groups in total. The molecule has 0 unspecified atom stereocenters. The first kappa shape index (κ1) is 16.3. The van der Waals surface area contributed by atoms with Crippen molar-refractivity contribution < 1.29 is 4.79 Å². The van der Waals surface area contributed by atoms with Gasteiger partial charge < -0.3 is 16.0 Å². The van der Waals surface area contributed by atoms with Gasteiger partial charge in [-0.3, -0.25) is 4.79 Å². The molecule has 1 aliphatic heterocycles. The molecule has 1 aromatic rings. The van der Waals surface area contributed by atoms with Crippen molar-refractivity contribution in [1.29, 1.82) is 0 Å². The van der Waals surface area contributed by atoms with Crippen molar-refractivity contribution in [1.82, 2.24) is 10.2 Å². The first-order valence-electron chi connectivity index (χ1n) is 8.02. The smallest absolute Gasteiger partial charge is 0.248 e. The SMILES string of the molecule is CCNC(=NCc1ccc(C(N)=O)cc1)N1CCC(C)CC1. The summed E-state index contributed by atoms with van der Waals surface area (Å²) in [5.74, 6) is 1.39. The molecule has 1 aliphatic rings. The molecule has 1 heterocycles.